The van der Waals surface area contributed by atoms with Crippen molar-refractivity contribution in [2.24, 2.45) is 0 Å². The molecule has 3 amide bonds. The molecule has 0 radical (unpaired) electrons. The Kier molecular flexibility index (Phi) is 6.67. The van der Waals surface area contributed by atoms with Crippen molar-refractivity contribution in [1.29, 1.82) is 0 Å². The van der Waals surface area contributed by atoms with Crippen LogP contribution in [-0.4, -0.2) is 40.7 Å². The minimum atomic E-state index is -0.878. The van der Waals surface area contributed by atoms with Gasteiger partial charge in [0.2, 0.25) is 11.8 Å². The lowest BCUT2D eigenvalue weighted by Crippen LogP contribution is -2.52. The van der Waals surface area contributed by atoms with Crippen LogP contribution in [0, 0.1) is 0 Å². The molecule has 1 aliphatic heterocycles. The van der Waals surface area contributed by atoms with Gasteiger partial charge in [0.25, 0.3) is 0 Å². The van der Waals surface area contributed by atoms with Gasteiger partial charge in [0.05, 0.1) is 22.6 Å². The lowest BCUT2D eigenvalue weighted by Gasteiger charge is -2.38. The van der Waals surface area contributed by atoms with E-state index in [4.69, 9.17) is 4.74 Å². The molecule has 5 rings (SSSR count). The van der Waals surface area contributed by atoms with Crippen molar-refractivity contribution in [3.63, 3.8) is 0 Å². The van der Waals surface area contributed by atoms with Crippen LogP contribution >= 0.6 is 0 Å². The average Bonchev–Trinajstić information content (AvgIpc) is 3.25. The van der Waals surface area contributed by atoms with E-state index in [-0.39, 0.29) is 18.5 Å². The molecule has 1 atom stereocenters. The minimum Gasteiger partial charge on any atom is -0.444 e. The summed E-state index contributed by atoms with van der Waals surface area (Å²) < 4.78 is 7.38. The molecule has 2 aromatic carbocycles. The lowest BCUT2D eigenvalue weighted by atomic mass is 9.95. The van der Waals surface area contributed by atoms with Crippen LogP contribution < -0.4 is 15.5 Å². The number of ether oxygens (including phenoxy) is 1. The summed E-state index contributed by atoms with van der Waals surface area (Å²) in [6.07, 6.45) is 4.54. The van der Waals surface area contributed by atoms with E-state index in [2.05, 4.69) is 15.2 Å². The number of para-hydroxylation sites is 3. The molecule has 194 valence electrons. The highest BCUT2D eigenvalue weighted by Gasteiger charge is 2.41. The van der Waals surface area contributed by atoms with Gasteiger partial charge < -0.3 is 19.9 Å². The number of carbonyl (C=O) groups is 3. The van der Waals surface area contributed by atoms with Crippen LogP contribution in [0.5, 0.6) is 0 Å². The first kappa shape index (κ1) is 24.9. The van der Waals surface area contributed by atoms with Crippen molar-refractivity contribution in [3.8, 4) is 5.69 Å². The SMILES string of the molecule is CC(C)(C)OC(=O)NCC(=O)N1c2ccccc2-n2c(cc3ccccc32)C1C(=O)NC1CCCCC1. The summed E-state index contributed by atoms with van der Waals surface area (Å²) in [6.45, 7) is 5.00. The molecule has 1 fully saturated rings. The smallest absolute Gasteiger partial charge is 0.408 e. The van der Waals surface area contributed by atoms with Gasteiger partial charge in [-0.05, 0) is 57.9 Å². The Morgan fingerprint density at radius 2 is 1.62 bits per heavy atom. The van der Waals surface area contributed by atoms with E-state index in [1.54, 1.807) is 20.8 Å². The summed E-state index contributed by atoms with van der Waals surface area (Å²) >= 11 is 0. The second-order valence-electron chi connectivity index (χ2n) is 10.8. The maximum atomic E-state index is 13.9. The van der Waals surface area contributed by atoms with Gasteiger partial charge in [-0.15, -0.1) is 0 Å². The van der Waals surface area contributed by atoms with Gasteiger partial charge >= 0.3 is 6.09 Å². The van der Waals surface area contributed by atoms with Crippen LogP contribution in [0.3, 0.4) is 0 Å². The average molecular weight is 503 g/mol. The first-order valence-electron chi connectivity index (χ1n) is 13.0. The van der Waals surface area contributed by atoms with Gasteiger partial charge in [-0.1, -0.05) is 49.6 Å². The van der Waals surface area contributed by atoms with Gasteiger partial charge in [-0.2, -0.15) is 0 Å². The molecule has 2 aliphatic rings. The monoisotopic (exact) mass is 502 g/mol. The van der Waals surface area contributed by atoms with E-state index in [1.165, 1.54) is 11.3 Å². The molecule has 1 unspecified atom stereocenters. The number of hydrogen-bond donors (Lipinski definition) is 2. The third-order valence-electron chi connectivity index (χ3n) is 6.91. The van der Waals surface area contributed by atoms with Crippen LogP contribution in [0.2, 0.25) is 0 Å². The third-order valence-corrected chi connectivity index (χ3v) is 6.91. The van der Waals surface area contributed by atoms with Crippen LogP contribution in [0.25, 0.3) is 16.6 Å². The maximum absolute atomic E-state index is 13.9. The predicted octanol–water partition coefficient (Wildman–Crippen LogP) is 4.99. The molecule has 2 heterocycles. The molecular formula is C29H34N4O4. The summed E-state index contributed by atoms with van der Waals surface area (Å²) in [5.74, 6) is -0.602. The van der Waals surface area contributed by atoms with Crippen LogP contribution in [0.15, 0.2) is 54.6 Å². The first-order valence-corrected chi connectivity index (χ1v) is 13.0. The van der Waals surface area contributed by atoms with Gasteiger partial charge in [-0.3, -0.25) is 14.5 Å². The molecule has 3 aromatic rings. The summed E-state index contributed by atoms with van der Waals surface area (Å²) in [5.41, 5.74) is 2.44. The second-order valence-corrected chi connectivity index (χ2v) is 10.8. The second kappa shape index (κ2) is 9.92. The number of rotatable bonds is 4. The van der Waals surface area contributed by atoms with E-state index in [1.807, 2.05) is 54.6 Å². The Labute approximate surface area is 217 Å². The Morgan fingerprint density at radius 1 is 0.946 bits per heavy atom. The molecule has 2 N–H and O–H groups in total. The van der Waals surface area contributed by atoms with E-state index >= 15 is 0 Å². The Hall–Kier alpha value is -3.81. The lowest BCUT2D eigenvalue weighted by molar-refractivity contribution is -0.127. The molecule has 0 saturated heterocycles. The molecule has 1 aliphatic carbocycles. The number of carbonyl (C=O) groups excluding carboxylic acids is 3. The van der Waals surface area contributed by atoms with Crippen LogP contribution in [0.4, 0.5) is 10.5 Å². The van der Waals surface area contributed by atoms with Crippen molar-refractivity contribution in [1.82, 2.24) is 15.2 Å². The molecule has 1 aromatic heterocycles. The molecule has 37 heavy (non-hydrogen) atoms. The van der Waals surface area contributed by atoms with Crippen LogP contribution in [-0.2, 0) is 14.3 Å². The highest BCUT2D eigenvalue weighted by atomic mass is 16.6. The zero-order valence-corrected chi connectivity index (χ0v) is 21.6. The van der Waals surface area contributed by atoms with E-state index in [0.717, 1.165) is 48.0 Å². The number of fused-ring (bicyclic) bond motifs is 5. The van der Waals surface area contributed by atoms with Gasteiger partial charge in [0, 0.05) is 11.4 Å². The Balaban J connectivity index is 1.54. The predicted molar refractivity (Wildman–Crippen MR) is 143 cm³/mol. The Morgan fingerprint density at radius 3 is 2.35 bits per heavy atom. The van der Waals surface area contributed by atoms with Crippen LogP contribution in [0.1, 0.15) is 64.6 Å². The normalized spacial score (nSPS) is 17.6. The van der Waals surface area contributed by atoms with Crippen molar-refractivity contribution < 1.29 is 19.1 Å². The number of nitrogens with one attached hydrogen (secondary N) is 2. The van der Waals surface area contributed by atoms with Gasteiger partial charge in [0.1, 0.15) is 12.1 Å². The molecular weight excluding hydrogens is 468 g/mol. The maximum Gasteiger partial charge on any atom is 0.408 e. The van der Waals surface area contributed by atoms with Gasteiger partial charge in [0.15, 0.2) is 6.04 Å². The fourth-order valence-corrected chi connectivity index (χ4v) is 5.38. The number of anilines is 1. The van der Waals surface area contributed by atoms with Crippen molar-refractivity contribution in [3.05, 3.63) is 60.3 Å². The van der Waals surface area contributed by atoms with E-state index in [9.17, 15) is 14.4 Å². The zero-order valence-electron chi connectivity index (χ0n) is 21.6. The Bertz CT molecular complexity index is 1330. The summed E-state index contributed by atoms with van der Waals surface area (Å²) in [6, 6.07) is 16.7. The zero-order chi connectivity index (χ0) is 26.2. The first-order chi connectivity index (χ1) is 17.7. The number of benzene rings is 2. The number of aromatic nitrogens is 1. The molecule has 8 heteroatoms. The van der Waals surface area contributed by atoms with Crippen molar-refractivity contribution >= 4 is 34.5 Å². The minimum absolute atomic E-state index is 0.0908. The number of alkyl carbamates (subject to hydrolysis) is 1. The summed E-state index contributed by atoms with van der Waals surface area (Å²) in [5, 5.41) is 6.78. The largest absolute Gasteiger partial charge is 0.444 e. The molecule has 1 saturated carbocycles. The highest BCUT2D eigenvalue weighted by molar-refractivity contribution is 6.06. The third kappa shape index (κ3) is 5.05. The number of amides is 3. The molecule has 0 bridgehead atoms. The number of hydrogen-bond acceptors (Lipinski definition) is 4. The van der Waals surface area contributed by atoms with Crippen molar-refractivity contribution in [2.45, 2.75) is 70.6 Å². The van der Waals surface area contributed by atoms with E-state index < -0.39 is 23.6 Å². The summed E-state index contributed by atoms with van der Waals surface area (Å²) in [7, 11) is 0. The van der Waals surface area contributed by atoms with Gasteiger partial charge in [-0.25, -0.2) is 4.79 Å². The van der Waals surface area contributed by atoms with E-state index in [0.29, 0.717) is 5.69 Å². The standard InChI is InChI=1S/C29H34N4O4/c1-29(2,3)37-28(36)30-18-25(34)33-23-16-10-9-15-22(23)32-21-14-8-7-11-19(21)17-24(32)26(33)27(35)31-20-12-5-4-6-13-20/h7-11,14-17,20,26H,4-6,12-13,18H2,1-3H3,(H,30,36)(H,31,35). The number of nitrogens with zero attached hydrogens (tertiary/aromatic N) is 2. The topological polar surface area (TPSA) is 92.7 Å². The fourth-order valence-electron chi connectivity index (χ4n) is 5.38. The molecule has 0 spiro atoms. The quantitative estimate of drug-likeness (QED) is 0.526. The summed E-state index contributed by atoms with van der Waals surface area (Å²) in [4.78, 5) is 41.5. The fraction of sp³-hybridized carbons (Fsp3) is 0.414. The highest BCUT2D eigenvalue weighted by Crippen LogP contribution is 2.42. The molecule has 8 nitrogen and oxygen atoms in total. The van der Waals surface area contributed by atoms with Crippen molar-refractivity contribution in [2.75, 3.05) is 11.4 Å².